The number of aliphatic hydroxyl groups excluding tert-OH is 3. The van der Waals surface area contributed by atoms with Crippen LogP contribution in [-0.4, -0.2) is 112 Å². The summed E-state index contributed by atoms with van der Waals surface area (Å²) in [6, 6.07) is 6.75. The lowest BCUT2D eigenvalue weighted by Gasteiger charge is -2.39. The SMILES string of the molecule is C=CCOC(=O)C1O[C@H](OC(=O)[C@@H]2C[C@@H]3CCC[C@@H]3N2C(=O)[C@H](C)N[C@@H](CCc2ccccc2)C(=O)OCC)[C@@H](O)C(O)[C@@H]1O. The van der Waals surface area contributed by atoms with Crippen molar-refractivity contribution in [3.05, 3.63) is 48.6 Å². The fourth-order valence-electron chi connectivity index (χ4n) is 6.44. The standard InChI is InChI=1S/C32H44N2O11/c1-4-16-43-31(41)27-25(36)24(35)26(37)32(44-27)45-30(40)23-17-20-12-9-13-22(20)34(23)28(38)18(3)33-21(29(39)42-5-2)15-14-19-10-7-6-8-11-19/h4,6-8,10-11,18,20-27,32-33,35-37H,1,5,9,12-17H2,2-3H3/t18-,20-,21-,22-,23-,24?,25-,26-,27?,32+/m0/s1. The maximum absolute atomic E-state index is 14.0. The quantitative estimate of drug-likeness (QED) is 0.134. The molecule has 0 spiro atoms. The van der Waals surface area contributed by atoms with Crippen LogP contribution in [0.3, 0.4) is 0 Å². The number of fused-ring (bicyclic) bond motifs is 1. The number of carbonyl (C=O) groups is 4. The monoisotopic (exact) mass is 632 g/mol. The van der Waals surface area contributed by atoms with Gasteiger partial charge >= 0.3 is 17.9 Å². The maximum atomic E-state index is 14.0. The molecule has 1 aromatic carbocycles. The van der Waals surface area contributed by atoms with Crippen LogP contribution < -0.4 is 5.32 Å². The summed E-state index contributed by atoms with van der Waals surface area (Å²) in [6.45, 7) is 6.77. The normalized spacial score (nSPS) is 30.6. The Morgan fingerprint density at radius 3 is 2.49 bits per heavy atom. The van der Waals surface area contributed by atoms with Gasteiger partial charge in [-0.15, -0.1) is 0 Å². The molecule has 1 saturated carbocycles. The highest BCUT2D eigenvalue weighted by Gasteiger charge is 2.53. The first-order chi connectivity index (χ1) is 21.6. The Hall–Kier alpha value is -3.36. The Balaban J connectivity index is 1.47. The lowest BCUT2D eigenvalue weighted by molar-refractivity contribution is -0.288. The number of hydrogen-bond donors (Lipinski definition) is 4. The van der Waals surface area contributed by atoms with Crippen LogP contribution in [0.15, 0.2) is 43.0 Å². The average molecular weight is 633 g/mol. The first-order valence-corrected chi connectivity index (χ1v) is 15.5. The highest BCUT2D eigenvalue weighted by molar-refractivity contribution is 5.89. The van der Waals surface area contributed by atoms with Crippen molar-refractivity contribution in [1.82, 2.24) is 10.2 Å². The molecule has 2 aliphatic heterocycles. The van der Waals surface area contributed by atoms with E-state index in [1.165, 1.54) is 11.0 Å². The number of ether oxygens (including phenoxy) is 4. The first-order valence-electron chi connectivity index (χ1n) is 15.5. The summed E-state index contributed by atoms with van der Waals surface area (Å²) in [5, 5.41) is 34.3. The summed E-state index contributed by atoms with van der Waals surface area (Å²) in [5.41, 5.74) is 1.03. The van der Waals surface area contributed by atoms with E-state index in [1.54, 1.807) is 13.8 Å². The first kappa shape index (κ1) is 34.5. The van der Waals surface area contributed by atoms with Crippen LogP contribution in [0.4, 0.5) is 0 Å². The molecule has 0 radical (unpaired) electrons. The zero-order valence-electron chi connectivity index (χ0n) is 25.7. The minimum Gasteiger partial charge on any atom is -0.465 e. The summed E-state index contributed by atoms with van der Waals surface area (Å²) in [7, 11) is 0. The molecule has 3 fully saturated rings. The fourth-order valence-corrected chi connectivity index (χ4v) is 6.44. The average Bonchev–Trinajstić information content (AvgIpc) is 3.64. The van der Waals surface area contributed by atoms with E-state index in [4.69, 9.17) is 18.9 Å². The summed E-state index contributed by atoms with van der Waals surface area (Å²) in [4.78, 5) is 54.2. The largest absolute Gasteiger partial charge is 0.465 e. The van der Waals surface area contributed by atoms with Crippen LogP contribution in [-0.2, 0) is 44.5 Å². The number of likely N-dealkylation sites (tertiary alicyclic amines) is 1. The number of benzene rings is 1. The molecule has 13 nitrogen and oxygen atoms in total. The number of nitrogens with one attached hydrogen (secondary N) is 1. The topological polar surface area (TPSA) is 181 Å². The van der Waals surface area contributed by atoms with Gasteiger partial charge in [0.2, 0.25) is 12.2 Å². The molecule has 2 saturated heterocycles. The van der Waals surface area contributed by atoms with Gasteiger partial charge in [-0.3, -0.25) is 14.9 Å². The van der Waals surface area contributed by atoms with E-state index in [0.717, 1.165) is 18.4 Å². The second-order valence-electron chi connectivity index (χ2n) is 11.7. The number of aliphatic hydroxyl groups is 3. The molecule has 2 heterocycles. The van der Waals surface area contributed by atoms with Gasteiger partial charge in [-0.2, -0.15) is 0 Å². The Morgan fingerprint density at radius 2 is 1.80 bits per heavy atom. The number of aryl methyl sites for hydroxylation is 1. The lowest BCUT2D eigenvalue weighted by Crippen LogP contribution is -2.61. The van der Waals surface area contributed by atoms with Gasteiger partial charge < -0.3 is 39.2 Å². The highest BCUT2D eigenvalue weighted by atomic mass is 16.7. The molecule has 13 heteroatoms. The second kappa shape index (κ2) is 15.8. The zero-order chi connectivity index (χ0) is 32.7. The lowest BCUT2D eigenvalue weighted by atomic mass is 9.99. The van der Waals surface area contributed by atoms with Crippen LogP contribution in [0.25, 0.3) is 0 Å². The summed E-state index contributed by atoms with van der Waals surface area (Å²) in [5.74, 6) is -2.75. The third-order valence-corrected chi connectivity index (χ3v) is 8.70. The molecule has 1 amide bonds. The Morgan fingerprint density at radius 1 is 1.07 bits per heavy atom. The number of rotatable bonds is 13. The van der Waals surface area contributed by atoms with Gasteiger partial charge in [-0.25, -0.2) is 9.59 Å². The Bertz CT molecular complexity index is 1200. The third kappa shape index (κ3) is 8.08. The van der Waals surface area contributed by atoms with Gasteiger partial charge in [0.05, 0.1) is 12.6 Å². The minimum atomic E-state index is -1.88. The van der Waals surface area contributed by atoms with Crippen molar-refractivity contribution in [1.29, 1.82) is 0 Å². The van der Waals surface area contributed by atoms with Crippen LogP contribution in [0.1, 0.15) is 51.5 Å². The molecular weight excluding hydrogens is 588 g/mol. The summed E-state index contributed by atoms with van der Waals surface area (Å²) >= 11 is 0. The Labute approximate surface area is 262 Å². The van der Waals surface area contributed by atoms with Gasteiger partial charge in [0.25, 0.3) is 0 Å². The van der Waals surface area contributed by atoms with Crippen molar-refractivity contribution < 1.29 is 53.4 Å². The van der Waals surface area contributed by atoms with Crippen LogP contribution in [0, 0.1) is 5.92 Å². The molecule has 10 atom stereocenters. The van der Waals surface area contributed by atoms with Crippen molar-refractivity contribution in [2.75, 3.05) is 13.2 Å². The van der Waals surface area contributed by atoms with Crippen LogP contribution in [0.2, 0.25) is 0 Å². The zero-order valence-corrected chi connectivity index (χ0v) is 25.7. The molecular formula is C32H44N2O11. The van der Waals surface area contributed by atoms with Gasteiger partial charge in [-0.05, 0) is 57.4 Å². The van der Waals surface area contributed by atoms with E-state index >= 15 is 0 Å². The van der Waals surface area contributed by atoms with Crippen molar-refractivity contribution in [2.45, 2.75) is 107 Å². The smallest absolute Gasteiger partial charge is 0.338 e. The molecule has 45 heavy (non-hydrogen) atoms. The molecule has 248 valence electrons. The molecule has 0 bridgehead atoms. The predicted octanol–water partition coefficient (Wildman–Crippen LogP) is 0.379. The molecule has 1 aromatic rings. The number of nitrogens with zero attached hydrogens (tertiary/aromatic N) is 1. The Kier molecular flexibility index (Phi) is 12.1. The van der Waals surface area contributed by atoms with Gasteiger partial charge in [0.1, 0.15) is 37.0 Å². The molecule has 2 unspecified atom stereocenters. The van der Waals surface area contributed by atoms with Crippen molar-refractivity contribution in [3.8, 4) is 0 Å². The van der Waals surface area contributed by atoms with E-state index < -0.39 is 72.6 Å². The second-order valence-corrected chi connectivity index (χ2v) is 11.7. The molecule has 3 aliphatic rings. The summed E-state index contributed by atoms with van der Waals surface area (Å²) < 4.78 is 21.0. The minimum absolute atomic E-state index is 0.0453. The fraction of sp³-hybridized carbons (Fsp3) is 0.625. The number of amides is 1. The molecule has 1 aliphatic carbocycles. The van der Waals surface area contributed by atoms with Gasteiger partial charge in [0, 0.05) is 6.04 Å². The predicted molar refractivity (Wildman–Crippen MR) is 158 cm³/mol. The number of hydrogen-bond acceptors (Lipinski definition) is 12. The van der Waals surface area contributed by atoms with E-state index in [0.29, 0.717) is 25.7 Å². The number of esters is 3. The highest BCUT2D eigenvalue weighted by Crippen LogP contribution is 2.42. The third-order valence-electron chi connectivity index (χ3n) is 8.70. The maximum Gasteiger partial charge on any atom is 0.338 e. The number of carbonyl (C=O) groups excluding carboxylic acids is 4. The van der Waals surface area contributed by atoms with Gasteiger partial charge in [0.15, 0.2) is 6.10 Å². The van der Waals surface area contributed by atoms with E-state index in [9.17, 15) is 34.5 Å². The van der Waals surface area contributed by atoms with Crippen molar-refractivity contribution in [2.24, 2.45) is 5.92 Å². The van der Waals surface area contributed by atoms with Crippen LogP contribution in [0.5, 0.6) is 0 Å². The summed E-state index contributed by atoms with van der Waals surface area (Å²) in [6.07, 6.45) is -4.16. The van der Waals surface area contributed by atoms with Crippen molar-refractivity contribution in [3.63, 3.8) is 0 Å². The van der Waals surface area contributed by atoms with Crippen LogP contribution >= 0.6 is 0 Å². The molecule has 4 N–H and O–H groups in total. The molecule has 4 rings (SSSR count). The van der Waals surface area contributed by atoms with Gasteiger partial charge in [-0.1, -0.05) is 49.4 Å². The van der Waals surface area contributed by atoms with E-state index in [2.05, 4.69) is 11.9 Å². The van der Waals surface area contributed by atoms with E-state index in [1.807, 2.05) is 30.3 Å². The van der Waals surface area contributed by atoms with E-state index in [-0.39, 0.29) is 25.2 Å². The van der Waals surface area contributed by atoms with Crippen molar-refractivity contribution >= 4 is 23.8 Å². The molecule has 0 aromatic heterocycles.